The Hall–Kier alpha value is -2.62. The maximum Gasteiger partial charge on any atom is 0.260 e. The second-order valence-electron chi connectivity index (χ2n) is 7.29. The van der Waals surface area contributed by atoms with E-state index < -0.39 is 0 Å². The number of nitrogens with zero attached hydrogens (tertiary/aromatic N) is 1. The van der Waals surface area contributed by atoms with Gasteiger partial charge in [-0.1, -0.05) is 42.5 Å². The molecule has 1 aliphatic carbocycles. The molecule has 0 heterocycles. The van der Waals surface area contributed by atoms with Crippen molar-refractivity contribution in [2.75, 3.05) is 13.7 Å². The molecule has 4 nitrogen and oxygen atoms in total. The van der Waals surface area contributed by atoms with E-state index in [-0.39, 0.29) is 24.3 Å². The lowest BCUT2D eigenvalue weighted by atomic mass is 9.81. The van der Waals surface area contributed by atoms with E-state index in [1.807, 2.05) is 18.0 Å². The van der Waals surface area contributed by atoms with Gasteiger partial charge in [-0.25, -0.2) is 0 Å². The van der Waals surface area contributed by atoms with Crippen LogP contribution in [-0.4, -0.2) is 36.3 Å². The van der Waals surface area contributed by atoms with E-state index in [9.17, 15) is 9.59 Å². The van der Waals surface area contributed by atoms with Crippen LogP contribution in [0.3, 0.4) is 0 Å². The van der Waals surface area contributed by atoms with E-state index in [1.54, 1.807) is 24.3 Å². The lowest BCUT2D eigenvalue weighted by Gasteiger charge is -2.34. The molecule has 0 aliphatic heterocycles. The van der Waals surface area contributed by atoms with Crippen LogP contribution in [0.5, 0.6) is 5.75 Å². The molecule has 4 heteroatoms. The first-order valence-corrected chi connectivity index (χ1v) is 9.59. The molecule has 1 amide bonds. The molecule has 1 aliphatic rings. The van der Waals surface area contributed by atoms with Gasteiger partial charge in [-0.3, -0.25) is 9.59 Å². The third kappa shape index (κ3) is 4.97. The number of amides is 1. The predicted octanol–water partition coefficient (Wildman–Crippen LogP) is 4.45. The van der Waals surface area contributed by atoms with Gasteiger partial charge in [-0.15, -0.1) is 0 Å². The Labute approximate surface area is 161 Å². The Morgan fingerprint density at radius 2 is 1.70 bits per heavy atom. The van der Waals surface area contributed by atoms with Crippen molar-refractivity contribution in [1.29, 1.82) is 0 Å². The monoisotopic (exact) mass is 365 g/mol. The highest BCUT2D eigenvalue weighted by atomic mass is 16.5. The number of Topliss-reactive ketones (excluding diaryl/α,β-unsaturated/α-hetero) is 1. The molecular formula is C23H27NO3. The van der Waals surface area contributed by atoms with Crippen LogP contribution in [-0.2, 0) is 4.79 Å². The molecule has 0 atom stereocenters. The fourth-order valence-corrected chi connectivity index (χ4v) is 3.78. The minimum absolute atomic E-state index is 0.00350. The molecule has 0 unspecified atom stereocenters. The summed E-state index contributed by atoms with van der Waals surface area (Å²) in [4.78, 5) is 25.8. The van der Waals surface area contributed by atoms with Crippen LogP contribution in [0.25, 0.3) is 0 Å². The fourth-order valence-electron chi connectivity index (χ4n) is 3.78. The molecule has 0 spiro atoms. The number of carbonyl (C=O) groups excluding carboxylic acids is 2. The van der Waals surface area contributed by atoms with Gasteiger partial charge in [0.1, 0.15) is 5.75 Å². The van der Waals surface area contributed by atoms with E-state index in [2.05, 4.69) is 24.3 Å². The van der Waals surface area contributed by atoms with E-state index in [1.165, 1.54) is 12.5 Å². The molecule has 0 saturated heterocycles. The van der Waals surface area contributed by atoms with Crippen LogP contribution in [0, 0.1) is 0 Å². The third-order valence-electron chi connectivity index (χ3n) is 5.51. The lowest BCUT2D eigenvalue weighted by Crippen LogP contribution is -2.41. The van der Waals surface area contributed by atoms with Crippen LogP contribution in [0.2, 0.25) is 0 Å². The number of rotatable bonds is 6. The Morgan fingerprint density at radius 3 is 2.37 bits per heavy atom. The fraction of sp³-hybridized carbons (Fsp3) is 0.391. The van der Waals surface area contributed by atoms with Gasteiger partial charge in [0, 0.05) is 18.7 Å². The minimum Gasteiger partial charge on any atom is -0.484 e. The first-order chi connectivity index (χ1) is 13.0. The lowest BCUT2D eigenvalue weighted by molar-refractivity contribution is -0.134. The summed E-state index contributed by atoms with van der Waals surface area (Å²) in [5, 5.41) is 0. The molecule has 2 aromatic rings. The highest BCUT2D eigenvalue weighted by Gasteiger charge is 2.27. The summed E-state index contributed by atoms with van der Waals surface area (Å²) in [7, 11) is 1.87. The van der Waals surface area contributed by atoms with Gasteiger partial charge < -0.3 is 9.64 Å². The van der Waals surface area contributed by atoms with Crippen molar-refractivity contribution in [3.63, 3.8) is 0 Å². The van der Waals surface area contributed by atoms with E-state index in [0.29, 0.717) is 17.2 Å². The Bertz CT molecular complexity index is 779. The number of benzene rings is 2. The van der Waals surface area contributed by atoms with Gasteiger partial charge in [0.15, 0.2) is 12.4 Å². The van der Waals surface area contributed by atoms with Gasteiger partial charge >= 0.3 is 0 Å². The summed E-state index contributed by atoms with van der Waals surface area (Å²) < 4.78 is 5.62. The van der Waals surface area contributed by atoms with Crippen LogP contribution in [0.1, 0.15) is 54.4 Å². The Morgan fingerprint density at radius 1 is 1.00 bits per heavy atom. The average Bonchev–Trinajstić information content (AvgIpc) is 2.72. The van der Waals surface area contributed by atoms with Crippen LogP contribution in [0.15, 0.2) is 54.6 Å². The van der Waals surface area contributed by atoms with Gasteiger partial charge in [0.2, 0.25) is 0 Å². The highest BCUT2D eigenvalue weighted by molar-refractivity contribution is 5.94. The molecule has 3 rings (SSSR count). The summed E-state index contributed by atoms with van der Waals surface area (Å²) >= 11 is 0. The van der Waals surface area contributed by atoms with Crippen LogP contribution in [0.4, 0.5) is 0 Å². The standard InChI is InChI=1S/C23H27NO3/c1-17(25)20-9-6-10-22(15-20)27-16-23(26)24(2)21-13-11-19(12-14-21)18-7-4-3-5-8-18/h3-10,15,19,21H,11-14,16H2,1-2H3. The Kier molecular flexibility index (Phi) is 6.28. The number of carbonyl (C=O) groups is 2. The van der Waals surface area contributed by atoms with E-state index in [4.69, 9.17) is 4.74 Å². The number of likely N-dealkylation sites (N-methyl/N-ethyl adjacent to an activating group) is 1. The summed E-state index contributed by atoms with van der Waals surface area (Å²) in [5.74, 6) is 1.11. The predicted molar refractivity (Wildman–Crippen MR) is 106 cm³/mol. The SMILES string of the molecule is CC(=O)c1cccc(OCC(=O)N(C)C2CCC(c3ccccc3)CC2)c1. The smallest absolute Gasteiger partial charge is 0.260 e. The second-order valence-corrected chi connectivity index (χ2v) is 7.29. The molecule has 0 N–H and O–H groups in total. The zero-order valence-corrected chi connectivity index (χ0v) is 16.1. The van der Waals surface area contributed by atoms with Crippen molar-refractivity contribution >= 4 is 11.7 Å². The first kappa shape index (κ1) is 19.2. The van der Waals surface area contributed by atoms with Gasteiger partial charge in [-0.05, 0) is 56.2 Å². The zero-order chi connectivity index (χ0) is 19.2. The number of ether oxygens (including phenoxy) is 1. The van der Waals surface area contributed by atoms with Crippen molar-refractivity contribution in [3.05, 3.63) is 65.7 Å². The van der Waals surface area contributed by atoms with Crippen molar-refractivity contribution in [2.45, 2.75) is 44.6 Å². The first-order valence-electron chi connectivity index (χ1n) is 9.59. The normalized spacial score (nSPS) is 19.3. The molecule has 0 aromatic heterocycles. The maximum absolute atomic E-state index is 12.5. The quantitative estimate of drug-likeness (QED) is 0.711. The largest absolute Gasteiger partial charge is 0.484 e. The topological polar surface area (TPSA) is 46.6 Å². The number of ketones is 1. The molecule has 1 fully saturated rings. The van der Waals surface area contributed by atoms with Crippen molar-refractivity contribution < 1.29 is 14.3 Å². The van der Waals surface area contributed by atoms with Crippen molar-refractivity contribution in [1.82, 2.24) is 4.90 Å². The van der Waals surface area contributed by atoms with Crippen LogP contribution < -0.4 is 4.74 Å². The Balaban J connectivity index is 1.49. The van der Waals surface area contributed by atoms with E-state index in [0.717, 1.165) is 25.7 Å². The molecular weight excluding hydrogens is 338 g/mol. The summed E-state index contributed by atoms with van der Waals surface area (Å²) in [6.07, 6.45) is 4.24. The molecule has 0 radical (unpaired) electrons. The molecule has 2 aromatic carbocycles. The van der Waals surface area contributed by atoms with Crippen LogP contribution >= 0.6 is 0 Å². The molecule has 0 bridgehead atoms. The molecule has 1 saturated carbocycles. The summed E-state index contributed by atoms with van der Waals surface area (Å²) in [5.41, 5.74) is 1.99. The van der Waals surface area contributed by atoms with Gasteiger partial charge in [0.05, 0.1) is 0 Å². The van der Waals surface area contributed by atoms with Gasteiger partial charge in [-0.2, -0.15) is 0 Å². The molecule has 142 valence electrons. The summed E-state index contributed by atoms with van der Waals surface area (Å²) in [6.45, 7) is 1.51. The van der Waals surface area contributed by atoms with Gasteiger partial charge in [0.25, 0.3) is 5.91 Å². The highest BCUT2D eigenvalue weighted by Crippen LogP contribution is 2.34. The number of hydrogen-bond donors (Lipinski definition) is 0. The molecule has 27 heavy (non-hydrogen) atoms. The third-order valence-corrected chi connectivity index (χ3v) is 5.51. The second kappa shape index (κ2) is 8.85. The zero-order valence-electron chi connectivity index (χ0n) is 16.1. The maximum atomic E-state index is 12.5. The van der Waals surface area contributed by atoms with Crippen molar-refractivity contribution in [3.8, 4) is 5.75 Å². The average molecular weight is 365 g/mol. The summed E-state index contributed by atoms with van der Waals surface area (Å²) in [6, 6.07) is 17.9. The van der Waals surface area contributed by atoms with Crippen molar-refractivity contribution in [2.24, 2.45) is 0 Å². The minimum atomic E-state index is -0.0219. The number of hydrogen-bond acceptors (Lipinski definition) is 3. The van der Waals surface area contributed by atoms with E-state index >= 15 is 0 Å².